The van der Waals surface area contributed by atoms with Crippen LogP contribution >= 0.6 is 0 Å². The van der Waals surface area contributed by atoms with Gasteiger partial charge in [0.05, 0.1) is 6.10 Å². The van der Waals surface area contributed by atoms with E-state index in [0.29, 0.717) is 19.1 Å². The van der Waals surface area contributed by atoms with Gasteiger partial charge in [-0.1, -0.05) is 18.2 Å². The zero-order chi connectivity index (χ0) is 13.5. The maximum absolute atomic E-state index is 11.8. The van der Waals surface area contributed by atoms with Crippen molar-refractivity contribution in [1.29, 1.82) is 0 Å². The van der Waals surface area contributed by atoms with Crippen LogP contribution in [0.5, 0.6) is 0 Å². The standard InChI is InChI=1S/C15H22N2O2/c1-12-5-2-3-7-14(12)17-15(18)8-9-16-11-13-6-4-10-19-13/h2-3,5,7,13,16H,4,6,8-11H2,1H3,(H,17,18). The van der Waals surface area contributed by atoms with E-state index in [1.54, 1.807) is 0 Å². The number of benzene rings is 1. The van der Waals surface area contributed by atoms with Crippen LogP contribution in [0.3, 0.4) is 0 Å². The van der Waals surface area contributed by atoms with Crippen molar-refractivity contribution in [2.75, 3.05) is 25.0 Å². The number of hydrogen-bond acceptors (Lipinski definition) is 3. The highest BCUT2D eigenvalue weighted by Gasteiger charge is 2.14. The van der Waals surface area contributed by atoms with E-state index in [1.165, 1.54) is 0 Å². The summed E-state index contributed by atoms with van der Waals surface area (Å²) in [5.74, 6) is 0.0501. The lowest BCUT2D eigenvalue weighted by Gasteiger charge is -2.11. The highest BCUT2D eigenvalue weighted by atomic mass is 16.5. The van der Waals surface area contributed by atoms with E-state index >= 15 is 0 Å². The molecule has 0 spiro atoms. The summed E-state index contributed by atoms with van der Waals surface area (Å²) < 4.78 is 5.51. The van der Waals surface area contributed by atoms with E-state index in [-0.39, 0.29) is 5.91 Å². The maximum atomic E-state index is 11.8. The zero-order valence-corrected chi connectivity index (χ0v) is 11.4. The van der Waals surface area contributed by atoms with Crippen LogP contribution in [-0.4, -0.2) is 31.7 Å². The van der Waals surface area contributed by atoms with Crippen LogP contribution in [0.2, 0.25) is 0 Å². The van der Waals surface area contributed by atoms with Crippen molar-refractivity contribution in [1.82, 2.24) is 5.32 Å². The average molecular weight is 262 g/mol. The number of carbonyl (C=O) groups is 1. The quantitative estimate of drug-likeness (QED) is 0.772. The molecule has 1 heterocycles. The van der Waals surface area contributed by atoms with Gasteiger partial charge in [0.2, 0.25) is 5.91 Å². The highest BCUT2D eigenvalue weighted by molar-refractivity contribution is 5.91. The van der Waals surface area contributed by atoms with Gasteiger partial charge in [-0.15, -0.1) is 0 Å². The second-order valence-electron chi connectivity index (χ2n) is 4.95. The van der Waals surface area contributed by atoms with Crippen molar-refractivity contribution < 1.29 is 9.53 Å². The minimum absolute atomic E-state index is 0.0501. The van der Waals surface area contributed by atoms with Crippen molar-refractivity contribution in [3.8, 4) is 0 Å². The zero-order valence-electron chi connectivity index (χ0n) is 11.4. The van der Waals surface area contributed by atoms with Crippen molar-refractivity contribution in [2.24, 2.45) is 0 Å². The van der Waals surface area contributed by atoms with Gasteiger partial charge in [0, 0.05) is 31.8 Å². The molecule has 1 fully saturated rings. The number of nitrogens with one attached hydrogen (secondary N) is 2. The van der Waals surface area contributed by atoms with E-state index in [1.807, 2.05) is 31.2 Å². The second kappa shape index (κ2) is 7.26. The molecule has 4 nitrogen and oxygen atoms in total. The van der Waals surface area contributed by atoms with Crippen LogP contribution in [0.4, 0.5) is 5.69 Å². The SMILES string of the molecule is Cc1ccccc1NC(=O)CCNCC1CCCO1. The molecule has 1 aromatic carbocycles. The third kappa shape index (κ3) is 4.65. The van der Waals surface area contributed by atoms with E-state index in [0.717, 1.165) is 37.2 Å². The summed E-state index contributed by atoms with van der Waals surface area (Å²) in [5, 5.41) is 6.20. The molecule has 1 aliphatic rings. The molecular weight excluding hydrogens is 240 g/mol. The van der Waals surface area contributed by atoms with Gasteiger partial charge >= 0.3 is 0 Å². The fourth-order valence-corrected chi connectivity index (χ4v) is 2.20. The van der Waals surface area contributed by atoms with Crippen LogP contribution in [0.25, 0.3) is 0 Å². The Morgan fingerprint density at radius 2 is 2.26 bits per heavy atom. The van der Waals surface area contributed by atoms with Crippen LogP contribution in [0.1, 0.15) is 24.8 Å². The average Bonchev–Trinajstić information content (AvgIpc) is 2.91. The van der Waals surface area contributed by atoms with Crippen LogP contribution in [0.15, 0.2) is 24.3 Å². The number of hydrogen-bond donors (Lipinski definition) is 2. The van der Waals surface area contributed by atoms with Gasteiger partial charge in [-0.2, -0.15) is 0 Å². The molecule has 2 rings (SSSR count). The van der Waals surface area contributed by atoms with E-state index in [4.69, 9.17) is 4.74 Å². The molecule has 0 aliphatic carbocycles. The van der Waals surface area contributed by atoms with Crippen LogP contribution in [0, 0.1) is 6.92 Å². The Bertz CT molecular complexity index is 414. The highest BCUT2D eigenvalue weighted by Crippen LogP contribution is 2.13. The van der Waals surface area contributed by atoms with Gasteiger partial charge in [0.15, 0.2) is 0 Å². The topological polar surface area (TPSA) is 50.4 Å². The molecule has 104 valence electrons. The number of anilines is 1. The summed E-state index contributed by atoms with van der Waals surface area (Å²) in [7, 11) is 0. The van der Waals surface area contributed by atoms with Crippen molar-refractivity contribution in [2.45, 2.75) is 32.3 Å². The fourth-order valence-electron chi connectivity index (χ4n) is 2.20. The lowest BCUT2D eigenvalue weighted by Crippen LogP contribution is -2.29. The molecule has 19 heavy (non-hydrogen) atoms. The Balaban J connectivity index is 1.63. The summed E-state index contributed by atoms with van der Waals surface area (Å²) in [6, 6.07) is 7.81. The molecule has 1 aromatic rings. The maximum Gasteiger partial charge on any atom is 0.225 e. The van der Waals surface area contributed by atoms with Gasteiger partial charge in [-0.05, 0) is 31.4 Å². The van der Waals surface area contributed by atoms with E-state index in [9.17, 15) is 4.79 Å². The Hall–Kier alpha value is -1.39. The lowest BCUT2D eigenvalue weighted by molar-refractivity contribution is -0.116. The molecule has 1 atom stereocenters. The van der Waals surface area contributed by atoms with Gasteiger partial charge < -0.3 is 15.4 Å². The van der Waals surface area contributed by atoms with Crippen molar-refractivity contribution in [3.63, 3.8) is 0 Å². The predicted octanol–water partition coefficient (Wildman–Crippen LogP) is 2.09. The first kappa shape index (κ1) is 14.0. The smallest absolute Gasteiger partial charge is 0.225 e. The second-order valence-corrected chi connectivity index (χ2v) is 4.95. The first-order chi connectivity index (χ1) is 9.25. The number of aryl methyl sites for hydroxylation is 1. The van der Waals surface area contributed by atoms with Gasteiger partial charge in [0.25, 0.3) is 0 Å². The van der Waals surface area contributed by atoms with E-state index in [2.05, 4.69) is 10.6 Å². The third-order valence-corrected chi connectivity index (χ3v) is 3.34. The molecule has 0 saturated carbocycles. The summed E-state index contributed by atoms with van der Waals surface area (Å²) in [5.41, 5.74) is 1.98. The molecule has 1 unspecified atom stereocenters. The summed E-state index contributed by atoms with van der Waals surface area (Å²) in [6.07, 6.45) is 3.10. The fraction of sp³-hybridized carbons (Fsp3) is 0.533. The minimum atomic E-state index is 0.0501. The van der Waals surface area contributed by atoms with Gasteiger partial charge in [-0.25, -0.2) is 0 Å². The predicted molar refractivity (Wildman–Crippen MR) is 76.3 cm³/mol. The monoisotopic (exact) mass is 262 g/mol. The van der Waals surface area contributed by atoms with Crippen molar-refractivity contribution >= 4 is 11.6 Å². The van der Waals surface area contributed by atoms with Crippen LogP contribution in [-0.2, 0) is 9.53 Å². The number of rotatable bonds is 6. The minimum Gasteiger partial charge on any atom is -0.377 e. The van der Waals surface area contributed by atoms with E-state index < -0.39 is 0 Å². The van der Waals surface area contributed by atoms with Gasteiger partial charge in [-0.3, -0.25) is 4.79 Å². The molecule has 2 N–H and O–H groups in total. The Labute approximate surface area is 114 Å². The largest absolute Gasteiger partial charge is 0.377 e. The first-order valence-electron chi connectivity index (χ1n) is 6.93. The molecule has 1 saturated heterocycles. The normalized spacial score (nSPS) is 18.5. The molecule has 0 radical (unpaired) electrons. The Morgan fingerprint density at radius 1 is 1.42 bits per heavy atom. The number of amides is 1. The lowest BCUT2D eigenvalue weighted by atomic mass is 10.2. The Kier molecular flexibility index (Phi) is 5.36. The van der Waals surface area contributed by atoms with Crippen LogP contribution < -0.4 is 10.6 Å². The number of para-hydroxylation sites is 1. The summed E-state index contributed by atoms with van der Waals surface area (Å²) >= 11 is 0. The number of ether oxygens (including phenoxy) is 1. The van der Waals surface area contributed by atoms with Crippen molar-refractivity contribution in [3.05, 3.63) is 29.8 Å². The molecule has 0 bridgehead atoms. The molecule has 1 amide bonds. The Morgan fingerprint density at radius 3 is 3.00 bits per heavy atom. The third-order valence-electron chi connectivity index (χ3n) is 3.34. The molecule has 1 aliphatic heterocycles. The number of carbonyl (C=O) groups excluding carboxylic acids is 1. The molecule has 4 heteroatoms. The molecule has 0 aromatic heterocycles. The first-order valence-corrected chi connectivity index (χ1v) is 6.93. The summed E-state index contributed by atoms with van der Waals surface area (Å²) in [6.45, 7) is 4.40. The molecular formula is C15H22N2O2. The summed E-state index contributed by atoms with van der Waals surface area (Å²) in [4.78, 5) is 11.8. The van der Waals surface area contributed by atoms with Gasteiger partial charge in [0.1, 0.15) is 0 Å².